The highest BCUT2D eigenvalue weighted by molar-refractivity contribution is 6.14. The van der Waals surface area contributed by atoms with Gasteiger partial charge in [-0.3, -0.25) is 19.3 Å². The normalized spacial score (nSPS) is 40.0. The number of quaternary nitrogens is 1. The third-order valence-electron chi connectivity index (χ3n) is 7.68. The number of carbonyl (C=O) groups is 3. The van der Waals surface area contributed by atoms with Gasteiger partial charge in [0.15, 0.2) is 0 Å². The summed E-state index contributed by atoms with van der Waals surface area (Å²) in [6.07, 6.45) is 3.30. The van der Waals surface area contributed by atoms with Gasteiger partial charge < -0.3 is 15.0 Å². The first kappa shape index (κ1) is 17.5. The number of imide groups is 1. The second-order valence-electron chi connectivity index (χ2n) is 8.90. The lowest BCUT2D eigenvalue weighted by atomic mass is 9.75. The predicted molar refractivity (Wildman–Crippen MR) is 98.2 cm³/mol. The van der Waals surface area contributed by atoms with E-state index in [1.165, 1.54) is 17.0 Å². The van der Waals surface area contributed by atoms with Crippen molar-refractivity contribution >= 4 is 23.4 Å². The topological polar surface area (TPSA) is 80.2 Å². The van der Waals surface area contributed by atoms with Gasteiger partial charge in [0, 0.05) is 25.0 Å². The van der Waals surface area contributed by atoms with Crippen LogP contribution in [0.15, 0.2) is 18.2 Å². The number of carbonyl (C=O) groups excluding carboxylic acids is 3. The van der Waals surface area contributed by atoms with Crippen LogP contribution in [0.3, 0.4) is 0 Å². The van der Waals surface area contributed by atoms with Crippen molar-refractivity contribution in [2.75, 3.05) is 25.0 Å². The Labute approximate surface area is 167 Å². The molecule has 8 heteroatoms. The quantitative estimate of drug-likeness (QED) is 0.675. The van der Waals surface area contributed by atoms with E-state index in [0.717, 1.165) is 30.6 Å². The van der Waals surface area contributed by atoms with E-state index in [9.17, 15) is 18.8 Å². The second kappa shape index (κ2) is 5.86. The number of nitrogens with zero attached hydrogens (tertiary/aromatic N) is 1. The lowest BCUT2D eigenvalue weighted by Gasteiger charge is -2.33. The zero-order valence-electron chi connectivity index (χ0n) is 15.9. The van der Waals surface area contributed by atoms with Crippen LogP contribution in [0.1, 0.15) is 31.2 Å². The molecule has 1 spiro atoms. The van der Waals surface area contributed by atoms with Crippen molar-refractivity contribution in [2.45, 2.75) is 43.4 Å². The van der Waals surface area contributed by atoms with Gasteiger partial charge in [0.05, 0.1) is 24.9 Å². The van der Waals surface area contributed by atoms with Gasteiger partial charge >= 0.3 is 0 Å². The van der Waals surface area contributed by atoms with Crippen molar-refractivity contribution in [3.8, 4) is 0 Å². The number of hydrogen-bond acceptors (Lipinski definition) is 4. The third-order valence-corrected chi connectivity index (χ3v) is 7.68. The first-order valence-electron chi connectivity index (χ1n) is 10.5. The number of ether oxygens (including phenoxy) is 1. The summed E-state index contributed by atoms with van der Waals surface area (Å²) in [5, 5.41) is 2.87. The molecule has 4 saturated heterocycles. The van der Waals surface area contributed by atoms with Crippen LogP contribution in [0.4, 0.5) is 10.1 Å². The largest absolute Gasteiger partial charge is 0.376 e. The molecule has 0 aromatic heterocycles. The summed E-state index contributed by atoms with van der Waals surface area (Å²) in [6.45, 7) is 1.60. The van der Waals surface area contributed by atoms with Gasteiger partial charge in [-0.2, -0.15) is 0 Å². The van der Waals surface area contributed by atoms with Crippen LogP contribution in [0.5, 0.6) is 0 Å². The highest BCUT2D eigenvalue weighted by Gasteiger charge is 2.78. The monoisotopic (exact) mass is 400 g/mol. The lowest BCUT2D eigenvalue weighted by molar-refractivity contribution is -0.948. The molecule has 1 unspecified atom stereocenters. The van der Waals surface area contributed by atoms with Gasteiger partial charge in [-0.15, -0.1) is 0 Å². The van der Waals surface area contributed by atoms with E-state index >= 15 is 0 Å². The zero-order chi connectivity index (χ0) is 19.9. The van der Waals surface area contributed by atoms with Gasteiger partial charge in [-0.05, 0) is 31.0 Å². The highest BCUT2D eigenvalue weighted by atomic mass is 19.1. The van der Waals surface area contributed by atoms with E-state index in [0.29, 0.717) is 24.4 Å². The number of nitrogens with one attached hydrogen (secondary N) is 2. The zero-order valence-corrected chi connectivity index (χ0v) is 15.9. The summed E-state index contributed by atoms with van der Waals surface area (Å²) in [5.41, 5.74) is -0.147. The number of benzene rings is 1. The average Bonchev–Trinajstić information content (AvgIpc) is 3.47. The molecule has 2 N–H and O–H groups in total. The van der Waals surface area contributed by atoms with Crippen molar-refractivity contribution in [2.24, 2.45) is 11.8 Å². The summed E-state index contributed by atoms with van der Waals surface area (Å²) >= 11 is 0. The summed E-state index contributed by atoms with van der Waals surface area (Å²) in [7, 11) is 0. The second-order valence-corrected chi connectivity index (χ2v) is 8.90. The molecule has 1 aromatic carbocycles. The number of halogens is 1. The lowest BCUT2D eigenvalue weighted by Crippen LogP contribution is -3.19. The number of amides is 3. The number of anilines is 1. The van der Waals surface area contributed by atoms with Crippen molar-refractivity contribution in [3.05, 3.63) is 29.6 Å². The summed E-state index contributed by atoms with van der Waals surface area (Å²) in [6, 6.07) is 4.15. The molecule has 152 valence electrons. The average molecular weight is 400 g/mol. The van der Waals surface area contributed by atoms with E-state index in [1.807, 2.05) is 0 Å². The molecule has 6 rings (SSSR count). The molecule has 3 amide bonds. The molecule has 5 heterocycles. The van der Waals surface area contributed by atoms with Crippen LogP contribution in [0.2, 0.25) is 0 Å². The summed E-state index contributed by atoms with van der Waals surface area (Å²) in [5.74, 6) is -2.51. The first-order chi connectivity index (χ1) is 14.0. The minimum atomic E-state index is -1.22. The smallest absolute Gasteiger partial charge is 0.291 e. The number of likely N-dealkylation sites (tertiary alicyclic amines) is 1. The molecule has 0 bridgehead atoms. The molecule has 5 aliphatic heterocycles. The first-order valence-corrected chi connectivity index (χ1v) is 10.5. The van der Waals surface area contributed by atoms with E-state index < -0.39 is 23.2 Å². The van der Waals surface area contributed by atoms with Crippen LogP contribution in [0, 0.1) is 17.7 Å². The SMILES string of the molecule is O=C1[C@H]2[C@@H]3CCC[NH+]3[C@@]3(C(=O)Nc4ccc(F)cc43)[C@H]2C(=O)N1C[C@@H]1CCCO1. The van der Waals surface area contributed by atoms with Crippen molar-refractivity contribution in [1.82, 2.24) is 4.90 Å². The molecular weight excluding hydrogens is 377 g/mol. The number of fused-ring (bicyclic) bond motifs is 7. The Bertz CT molecular complexity index is 946. The van der Waals surface area contributed by atoms with Crippen molar-refractivity contribution in [3.63, 3.8) is 0 Å². The molecule has 7 nitrogen and oxygen atoms in total. The fourth-order valence-electron chi connectivity index (χ4n) is 6.66. The molecule has 0 aliphatic carbocycles. The van der Waals surface area contributed by atoms with E-state index in [4.69, 9.17) is 4.74 Å². The molecule has 4 fully saturated rings. The van der Waals surface area contributed by atoms with Gasteiger partial charge in [0.1, 0.15) is 23.7 Å². The summed E-state index contributed by atoms with van der Waals surface area (Å²) < 4.78 is 19.9. The maximum atomic E-state index is 14.2. The van der Waals surface area contributed by atoms with Crippen molar-refractivity contribution in [1.29, 1.82) is 0 Å². The van der Waals surface area contributed by atoms with Crippen LogP contribution in [-0.2, 0) is 24.7 Å². The number of rotatable bonds is 2. The van der Waals surface area contributed by atoms with Crippen LogP contribution in [-0.4, -0.2) is 54.5 Å². The Morgan fingerprint density at radius 2 is 2.07 bits per heavy atom. The van der Waals surface area contributed by atoms with Crippen molar-refractivity contribution < 1.29 is 28.4 Å². The molecule has 29 heavy (non-hydrogen) atoms. The third kappa shape index (κ3) is 2.06. The fourth-order valence-corrected chi connectivity index (χ4v) is 6.66. The Morgan fingerprint density at radius 3 is 2.86 bits per heavy atom. The van der Waals surface area contributed by atoms with Crippen LogP contribution < -0.4 is 10.2 Å². The maximum Gasteiger partial charge on any atom is 0.291 e. The van der Waals surface area contributed by atoms with Gasteiger partial charge in [-0.1, -0.05) is 0 Å². The number of hydrogen-bond donors (Lipinski definition) is 2. The van der Waals surface area contributed by atoms with Gasteiger partial charge in [0.25, 0.3) is 5.91 Å². The molecule has 6 atom stereocenters. The molecule has 5 aliphatic rings. The highest BCUT2D eigenvalue weighted by Crippen LogP contribution is 2.51. The van der Waals surface area contributed by atoms with Crippen LogP contribution in [0.25, 0.3) is 0 Å². The molecular formula is C21H23FN3O4+. The standard InChI is InChI=1S/C21H22FN3O4/c22-11-5-6-14-13(9-11)21(20(28)23-14)17-16(15-4-1-7-25(15)21)18(26)24(19(17)27)10-12-3-2-8-29-12/h5-6,9,12,15-17H,1-4,7-8,10H2,(H,23,28)/p+1/t12-,15-,16-,17+,21+/m0/s1. The summed E-state index contributed by atoms with van der Waals surface area (Å²) in [4.78, 5) is 42.6. The molecule has 1 aromatic rings. The molecule has 0 radical (unpaired) electrons. The Morgan fingerprint density at radius 1 is 1.21 bits per heavy atom. The Balaban J connectivity index is 1.48. The minimum Gasteiger partial charge on any atom is -0.376 e. The van der Waals surface area contributed by atoms with Gasteiger partial charge in [-0.25, -0.2) is 4.39 Å². The molecule has 0 saturated carbocycles. The van der Waals surface area contributed by atoms with E-state index in [2.05, 4.69) is 5.32 Å². The Hall–Kier alpha value is -2.32. The maximum absolute atomic E-state index is 14.2. The minimum absolute atomic E-state index is 0.0917. The van der Waals surface area contributed by atoms with Crippen LogP contribution >= 0.6 is 0 Å². The predicted octanol–water partition coefficient (Wildman–Crippen LogP) is -0.186. The van der Waals surface area contributed by atoms with E-state index in [1.54, 1.807) is 6.07 Å². The fraction of sp³-hybridized carbons (Fsp3) is 0.571. The van der Waals surface area contributed by atoms with E-state index in [-0.39, 0.29) is 36.4 Å². The van der Waals surface area contributed by atoms with Gasteiger partial charge in [0.2, 0.25) is 17.4 Å². The Kier molecular flexibility index (Phi) is 3.54.